The van der Waals surface area contributed by atoms with Gasteiger partial charge in [0.1, 0.15) is 18.7 Å². The number of amides is 1. The fourth-order valence-corrected chi connectivity index (χ4v) is 3.73. The minimum Gasteiger partial charge on any atom is -0.377 e. The molecule has 1 atom stereocenters. The lowest BCUT2D eigenvalue weighted by atomic mass is 10.1. The number of hydrogen-bond acceptors (Lipinski definition) is 5. The van der Waals surface area contributed by atoms with Crippen LogP contribution in [0.4, 0.5) is 18.9 Å². The summed E-state index contributed by atoms with van der Waals surface area (Å²) in [5.74, 6) is -0.434. The number of ether oxygens (including phenoxy) is 1. The van der Waals surface area contributed by atoms with Gasteiger partial charge in [-0.15, -0.1) is 0 Å². The van der Waals surface area contributed by atoms with Crippen LogP contribution in [0.5, 0.6) is 0 Å². The van der Waals surface area contributed by atoms with E-state index in [1.54, 1.807) is 6.07 Å². The Balaban J connectivity index is 1.66. The number of alkyl halides is 3. The van der Waals surface area contributed by atoms with E-state index in [2.05, 4.69) is 20.6 Å². The van der Waals surface area contributed by atoms with Crippen LogP contribution >= 0.6 is 0 Å². The van der Waals surface area contributed by atoms with Crippen molar-refractivity contribution in [2.24, 2.45) is 0 Å². The Morgan fingerprint density at radius 3 is 2.54 bits per heavy atom. The standard InChI is InChI=1S/C25H23F3N4O3/c1-35-14-21-31-20-12-16(30-24(34)17-9-5-6-10-19(17)25(26,27)28)11-18(22(20)32-21)23(33)29-13-15-7-3-2-4-8-15/h2-12,23,29,33H,13-14H2,1H3,(H,30,34)(H,31,32). The third kappa shape index (κ3) is 5.68. The molecule has 1 heterocycles. The van der Waals surface area contributed by atoms with Crippen molar-refractivity contribution in [1.82, 2.24) is 15.3 Å². The molecule has 0 saturated heterocycles. The molecule has 4 N–H and O–H groups in total. The fourth-order valence-electron chi connectivity index (χ4n) is 3.73. The van der Waals surface area contributed by atoms with Crippen LogP contribution in [0.25, 0.3) is 11.0 Å². The SMILES string of the molecule is COCc1nc2c(C(O)NCc3ccccc3)cc(NC(=O)c3ccccc3C(F)(F)F)cc2[nH]1. The summed E-state index contributed by atoms with van der Waals surface area (Å²) >= 11 is 0. The quantitative estimate of drug-likeness (QED) is 0.270. The lowest BCUT2D eigenvalue weighted by molar-refractivity contribution is -0.137. The van der Waals surface area contributed by atoms with Crippen molar-refractivity contribution in [3.05, 3.63) is 94.8 Å². The lowest BCUT2D eigenvalue weighted by Crippen LogP contribution is -2.21. The van der Waals surface area contributed by atoms with Crippen LogP contribution in [-0.4, -0.2) is 28.1 Å². The number of nitrogens with zero attached hydrogens (tertiary/aromatic N) is 1. The number of anilines is 1. The smallest absolute Gasteiger partial charge is 0.377 e. The zero-order chi connectivity index (χ0) is 25.0. The van der Waals surface area contributed by atoms with E-state index in [-0.39, 0.29) is 12.3 Å². The summed E-state index contributed by atoms with van der Waals surface area (Å²) in [5, 5.41) is 16.4. The van der Waals surface area contributed by atoms with Gasteiger partial charge >= 0.3 is 6.18 Å². The van der Waals surface area contributed by atoms with Crippen molar-refractivity contribution in [1.29, 1.82) is 0 Å². The second-order valence-corrected chi connectivity index (χ2v) is 7.84. The zero-order valence-electron chi connectivity index (χ0n) is 18.7. The van der Waals surface area contributed by atoms with Crippen molar-refractivity contribution in [2.45, 2.75) is 25.6 Å². The highest BCUT2D eigenvalue weighted by molar-refractivity contribution is 6.06. The van der Waals surface area contributed by atoms with Crippen molar-refractivity contribution >= 4 is 22.6 Å². The molecule has 10 heteroatoms. The average Bonchev–Trinajstić information content (AvgIpc) is 3.24. The molecule has 1 amide bonds. The second kappa shape index (κ2) is 10.3. The summed E-state index contributed by atoms with van der Waals surface area (Å²) in [6.07, 6.45) is -5.85. The molecule has 0 spiro atoms. The van der Waals surface area contributed by atoms with Gasteiger partial charge in [0, 0.05) is 24.9 Å². The minimum absolute atomic E-state index is 0.183. The van der Waals surface area contributed by atoms with Crippen molar-refractivity contribution < 1.29 is 27.8 Å². The number of aliphatic hydroxyl groups excluding tert-OH is 1. The number of nitrogens with one attached hydrogen (secondary N) is 3. The van der Waals surface area contributed by atoms with Gasteiger partial charge in [0.15, 0.2) is 0 Å². The Kier molecular flexibility index (Phi) is 7.15. The van der Waals surface area contributed by atoms with Gasteiger partial charge in [-0.2, -0.15) is 13.2 Å². The van der Waals surface area contributed by atoms with Crippen molar-refractivity contribution in [3.8, 4) is 0 Å². The number of aromatic amines is 1. The molecule has 1 aromatic heterocycles. The zero-order valence-corrected chi connectivity index (χ0v) is 18.7. The molecule has 0 aliphatic carbocycles. The van der Waals surface area contributed by atoms with Crippen LogP contribution in [0, 0.1) is 0 Å². The Bertz CT molecular complexity index is 1320. The third-order valence-electron chi connectivity index (χ3n) is 5.32. The largest absolute Gasteiger partial charge is 0.417 e. The molecule has 1 unspecified atom stereocenters. The number of carbonyl (C=O) groups is 1. The van der Waals surface area contributed by atoms with Gasteiger partial charge in [-0.1, -0.05) is 42.5 Å². The average molecular weight is 484 g/mol. The van der Waals surface area contributed by atoms with Crippen LogP contribution in [0.2, 0.25) is 0 Å². The highest BCUT2D eigenvalue weighted by atomic mass is 19.4. The van der Waals surface area contributed by atoms with E-state index >= 15 is 0 Å². The normalized spacial score (nSPS) is 12.6. The molecular weight excluding hydrogens is 461 g/mol. The summed E-state index contributed by atoms with van der Waals surface area (Å²) in [7, 11) is 1.51. The van der Waals surface area contributed by atoms with Gasteiger partial charge in [-0.05, 0) is 29.8 Å². The first-order valence-corrected chi connectivity index (χ1v) is 10.7. The molecule has 7 nitrogen and oxygen atoms in total. The molecule has 0 radical (unpaired) electrons. The van der Waals surface area contributed by atoms with Crippen LogP contribution in [0.3, 0.4) is 0 Å². The van der Waals surface area contributed by atoms with Gasteiger partial charge in [0.05, 0.1) is 22.2 Å². The summed E-state index contributed by atoms with van der Waals surface area (Å²) in [5.41, 5.74) is 0.867. The number of imidazole rings is 1. The number of halogens is 3. The molecule has 182 valence electrons. The number of H-pyrrole nitrogens is 1. The monoisotopic (exact) mass is 484 g/mol. The highest BCUT2D eigenvalue weighted by Gasteiger charge is 2.35. The van der Waals surface area contributed by atoms with Crippen LogP contribution in [-0.2, 0) is 24.1 Å². The number of fused-ring (bicyclic) bond motifs is 1. The van der Waals surface area contributed by atoms with Crippen LogP contribution < -0.4 is 10.6 Å². The van der Waals surface area contributed by atoms with Gasteiger partial charge in [0.25, 0.3) is 5.91 Å². The summed E-state index contributed by atoms with van der Waals surface area (Å²) in [4.78, 5) is 20.3. The summed E-state index contributed by atoms with van der Waals surface area (Å²) in [6, 6.07) is 17.0. The summed E-state index contributed by atoms with van der Waals surface area (Å²) < 4.78 is 45.3. The number of carbonyl (C=O) groups excluding carboxylic acids is 1. The Morgan fingerprint density at radius 1 is 1.11 bits per heavy atom. The molecule has 4 aromatic rings. The first-order valence-electron chi connectivity index (χ1n) is 10.7. The van der Waals surface area contributed by atoms with Crippen LogP contribution in [0.1, 0.15) is 39.1 Å². The van der Waals surface area contributed by atoms with Crippen molar-refractivity contribution in [2.75, 3.05) is 12.4 Å². The maximum Gasteiger partial charge on any atom is 0.417 e. The number of aliphatic hydroxyl groups is 1. The fraction of sp³-hybridized carbons (Fsp3) is 0.200. The molecule has 0 fully saturated rings. The Morgan fingerprint density at radius 2 is 1.83 bits per heavy atom. The Hall–Kier alpha value is -3.73. The predicted octanol–water partition coefficient (Wildman–Crippen LogP) is 4.76. The van der Waals surface area contributed by atoms with E-state index in [0.717, 1.165) is 17.7 Å². The maximum atomic E-state index is 13.4. The van der Waals surface area contributed by atoms with E-state index in [0.29, 0.717) is 29.0 Å². The van der Waals surface area contributed by atoms with Gasteiger partial charge in [0.2, 0.25) is 0 Å². The highest BCUT2D eigenvalue weighted by Crippen LogP contribution is 2.33. The van der Waals surface area contributed by atoms with E-state index in [4.69, 9.17) is 4.74 Å². The number of aromatic nitrogens is 2. The molecule has 35 heavy (non-hydrogen) atoms. The second-order valence-electron chi connectivity index (χ2n) is 7.84. The number of benzene rings is 3. The molecule has 0 saturated carbocycles. The molecule has 3 aromatic carbocycles. The number of methoxy groups -OCH3 is 1. The van der Waals surface area contributed by atoms with Gasteiger partial charge in [-0.3, -0.25) is 10.1 Å². The van der Waals surface area contributed by atoms with E-state index in [9.17, 15) is 23.1 Å². The molecule has 0 aliphatic rings. The number of hydrogen-bond donors (Lipinski definition) is 4. The van der Waals surface area contributed by atoms with E-state index in [1.807, 2.05) is 30.3 Å². The topological polar surface area (TPSA) is 99.3 Å². The predicted molar refractivity (Wildman–Crippen MR) is 124 cm³/mol. The molecule has 4 rings (SSSR count). The van der Waals surface area contributed by atoms with Crippen molar-refractivity contribution in [3.63, 3.8) is 0 Å². The first-order chi connectivity index (χ1) is 16.8. The summed E-state index contributed by atoms with van der Waals surface area (Å²) in [6.45, 7) is 0.538. The van der Waals surface area contributed by atoms with E-state index in [1.165, 1.54) is 25.3 Å². The maximum absolute atomic E-state index is 13.4. The lowest BCUT2D eigenvalue weighted by Gasteiger charge is -2.16. The molecule has 0 bridgehead atoms. The van der Waals surface area contributed by atoms with E-state index < -0.39 is 29.4 Å². The molecular formula is C25H23F3N4O3. The van der Waals surface area contributed by atoms with Gasteiger partial charge in [-0.25, -0.2) is 4.98 Å². The first kappa shape index (κ1) is 24.4. The Labute approximate surface area is 199 Å². The minimum atomic E-state index is -4.68. The molecule has 0 aliphatic heterocycles. The third-order valence-corrected chi connectivity index (χ3v) is 5.32. The number of rotatable bonds is 8. The van der Waals surface area contributed by atoms with Gasteiger partial charge < -0.3 is 20.1 Å². The van der Waals surface area contributed by atoms with Crippen LogP contribution in [0.15, 0.2) is 66.7 Å².